The zero-order chi connectivity index (χ0) is 22.1. The normalized spacial score (nSPS) is 22.1. The van der Waals surface area contributed by atoms with Crippen LogP contribution >= 0.6 is 23.2 Å². The van der Waals surface area contributed by atoms with Crippen molar-refractivity contribution in [2.75, 3.05) is 44.8 Å². The van der Waals surface area contributed by atoms with Crippen molar-refractivity contribution >= 4 is 45.2 Å². The van der Waals surface area contributed by atoms with Crippen LogP contribution in [-0.2, 0) is 9.47 Å². The predicted octanol–water partition coefficient (Wildman–Crippen LogP) is 3.11. The Morgan fingerprint density at radius 2 is 1.94 bits per heavy atom. The maximum Gasteiger partial charge on any atom is 0.227 e. The van der Waals surface area contributed by atoms with Crippen molar-refractivity contribution in [3.63, 3.8) is 0 Å². The number of fused-ring (bicyclic) bond motifs is 1. The fraction of sp³-hybridized carbons (Fsp3) is 0.500. The second kappa shape index (κ2) is 9.49. The van der Waals surface area contributed by atoms with Crippen molar-refractivity contribution in [2.45, 2.75) is 30.8 Å². The first kappa shape index (κ1) is 21.9. The highest BCUT2D eigenvalue weighted by molar-refractivity contribution is 6.69. The minimum atomic E-state index is 0.0599. The van der Waals surface area contributed by atoms with E-state index in [1.807, 2.05) is 6.07 Å². The van der Waals surface area contributed by atoms with Crippen LogP contribution in [-0.4, -0.2) is 71.6 Å². The molecule has 4 heterocycles. The Balaban J connectivity index is 1.33. The molecule has 0 spiro atoms. The molecular weight excluding hydrogens is 451 g/mol. The molecule has 3 saturated heterocycles. The third kappa shape index (κ3) is 4.56. The third-order valence-corrected chi connectivity index (χ3v) is 6.98. The van der Waals surface area contributed by atoms with Crippen LogP contribution < -0.4 is 11.1 Å². The Bertz CT molecular complexity index is 1050. The summed E-state index contributed by atoms with van der Waals surface area (Å²) in [6, 6.07) is 4.68. The maximum atomic E-state index is 6.66. The first-order chi connectivity index (χ1) is 15.6. The largest absolute Gasteiger partial charge is 0.403 e. The van der Waals surface area contributed by atoms with Gasteiger partial charge in [-0.15, -0.1) is 0 Å². The van der Waals surface area contributed by atoms with Crippen molar-refractivity contribution < 1.29 is 9.47 Å². The van der Waals surface area contributed by atoms with Crippen LogP contribution in [0.1, 0.15) is 24.3 Å². The Morgan fingerprint density at radius 3 is 2.56 bits per heavy atom. The van der Waals surface area contributed by atoms with Crippen molar-refractivity contribution in [3.8, 4) is 0 Å². The Kier molecular flexibility index (Phi) is 6.48. The van der Waals surface area contributed by atoms with Gasteiger partial charge in [-0.3, -0.25) is 9.89 Å². The summed E-state index contributed by atoms with van der Waals surface area (Å²) in [5.41, 5.74) is 8.18. The molecule has 5 rings (SSSR count). The molecule has 0 saturated carbocycles. The molecule has 170 valence electrons. The van der Waals surface area contributed by atoms with Crippen LogP contribution in [0.2, 0.25) is 5.02 Å². The number of hydrogen-bond donors (Lipinski definition) is 2. The van der Waals surface area contributed by atoms with E-state index in [0.717, 1.165) is 60.6 Å². The molecule has 0 amide bonds. The number of benzene rings is 1. The van der Waals surface area contributed by atoms with Crippen LogP contribution in [0.4, 0.5) is 5.95 Å². The number of ether oxygens (including phenoxy) is 2. The first-order valence-electron chi connectivity index (χ1n) is 10.9. The Hall–Kier alpha value is -1.97. The standard InChI is InChI=1S/C22H26Cl2N6O2/c23-18-5-14-8-26-22(29-20(7-25)21(24)27-15-9-31-10-15)28-19(14)6-17(18)13-1-3-30(4-2-13)16-11-32-12-16/h5-8,13,15-16H,1-4,9-12,25H2,(H,26,28,29)/b20-7+,27-21?. The van der Waals surface area contributed by atoms with Crippen molar-refractivity contribution in [1.29, 1.82) is 0 Å². The zero-order valence-electron chi connectivity index (χ0n) is 17.6. The summed E-state index contributed by atoms with van der Waals surface area (Å²) in [7, 11) is 0. The van der Waals surface area contributed by atoms with Gasteiger partial charge in [-0.2, -0.15) is 0 Å². The summed E-state index contributed by atoms with van der Waals surface area (Å²) in [5.74, 6) is 0.821. The van der Waals surface area contributed by atoms with E-state index in [4.69, 9.17) is 38.4 Å². The number of halogens is 2. The van der Waals surface area contributed by atoms with Gasteiger partial charge >= 0.3 is 0 Å². The van der Waals surface area contributed by atoms with Gasteiger partial charge in [0.1, 0.15) is 5.17 Å². The van der Waals surface area contributed by atoms with Crippen molar-refractivity contribution in [2.24, 2.45) is 10.7 Å². The summed E-state index contributed by atoms with van der Waals surface area (Å²) in [6.45, 7) is 4.98. The number of rotatable bonds is 6. The molecule has 0 radical (unpaired) electrons. The summed E-state index contributed by atoms with van der Waals surface area (Å²) in [4.78, 5) is 16.0. The van der Waals surface area contributed by atoms with Gasteiger partial charge in [-0.1, -0.05) is 23.2 Å². The Labute approximate surface area is 196 Å². The predicted molar refractivity (Wildman–Crippen MR) is 126 cm³/mol. The molecule has 0 aliphatic carbocycles. The number of aliphatic imine (C=N–C) groups is 1. The van der Waals surface area contributed by atoms with E-state index in [-0.39, 0.29) is 11.2 Å². The number of nitrogens with one attached hydrogen (secondary N) is 1. The highest BCUT2D eigenvalue weighted by Gasteiger charge is 2.30. The smallest absolute Gasteiger partial charge is 0.227 e. The summed E-state index contributed by atoms with van der Waals surface area (Å²) >= 11 is 13.0. The van der Waals surface area contributed by atoms with E-state index in [0.29, 0.717) is 36.8 Å². The number of nitrogens with two attached hydrogens (primary N) is 1. The SMILES string of the molecule is N/C=C(/Nc1ncc2cc(Cl)c(C3CCN(C4COC4)CC3)cc2n1)C(Cl)=NC1COC1. The minimum absolute atomic E-state index is 0.0599. The lowest BCUT2D eigenvalue weighted by Gasteiger charge is -2.41. The van der Waals surface area contributed by atoms with E-state index in [1.165, 1.54) is 6.20 Å². The van der Waals surface area contributed by atoms with Crippen LogP contribution in [0.5, 0.6) is 0 Å². The molecule has 0 atom stereocenters. The molecule has 10 heteroatoms. The molecule has 1 aromatic carbocycles. The first-order valence-corrected chi connectivity index (χ1v) is 11.6. The van der Waals surface area contributed by atoms with Crippen molar-refractivity contribution in [1.82, 2.24) is 14.9 Å². The lowest BCUT2D eigenvalue weighted by atomic mass is 9.88. The highest BCUT2D eigenvalue weighted by Crippen LogP contribution is 2.36. The topological polar surface area (TPSA) is 97.9 Å². The van der Waals surface area contributed by atoms with Gasteiger partial charge in [0.2, 0.25) is 5.95 Å². The number of anilines is 1. The molecule has 1 aromatic heterocycles. The van der Waals surface area contributed by atoms with Gasteiger partial charge in [-0.05, 0) is 49.5 Å². The van der Waals surface area contributed by atoms with Crippen LogP contribution in [0.25, 0.3) is 10.9 Å². The van der Waals surface area contributed by atoms with Crippen LogP contribution in [0.3, 0.4) is 0 Å². The lowest BCUT2D eigenvalue weighted by Crippen LogP contribution is -2.51. The van der Waals surface area contributed by atoms with Gasteiger partial charge in [-0.25, -0.2) is 9.97 Å². The number of allylic oxidation sites excluding steroid dienone is 1. The summed E-state index contributed by atoms with van der Waals surface area (Å²) in [6.07, 6.45) is 5.27. The molecule has 3 N–H and O–H groups in total. The van der Waals surface area contributed by atoms with Gasteiger partial charge < -0.3 is 20.5 Å². The van der Waals surface area contributed by atoms with Gasteiger partial charge in [0.15, 0.2) is 0 Å². The second-order valence-electron chi connectivity index (χ2n) is 8.44. The summed E-state index contributed by atoms with van der Waals surface area (Å²) < 4.78 is 10.5. The molecule has 3 fully saturated rings. The van der Waals surface area contributed by atoms with Gasteiger partial charge in [0.25, 0.3) is 0 Å². The minimum Gasteiger partial charge on any atom is -0.403 e. The molecule has 3 aliphatic rings. The molecule has 2 aromatic rings. The quantitative estimate of drug-likeness (QED) is 0.617. The number of nitrogens with zero attached hydrogens (tertiary/aromatic N) is 4. The van der Waals surface area contributed by atoms with Gasteiger partial charge in [0, 0.05) is 22.8 Å². The average molecular weight is 477 g/mol. The van der Waals surface area contributed by atoms with E-state index < -0.39 is 0 Å². The molecule has 3 aliphatic heterocycles. The van der Waals surface area contributed by atoms with Crippen LogP contribution in [0, 0.1) is 0 Å². The van der Waals surface area contributed by atoms with E-state index >= 15 is 0 Å². The number of aromatic nitrogens is 2. The number of piperidine rings is 1. The Morgan fingerprint density at radius 1 is 1.19 bits per heavy atom. The molecule has 0 bridgehead atoms. The van der Waals surface area contributed by atoms with E-state index in [9.17, 15) is 0 Å². The molecule has 8 nitrogen and oxygen atoms in total. The van der Waals surface area contributed by atoms with Crippen LogP contribution in [0.15, 0.2) is 35.2 Å². The zero-order valence-corrected chi connectivity index (χ0v) is 19.1. The molecule has 0 unspecified atom stereocenters. The maximum absolute atomic E-state index is 6.66. The lowest BCUT2D eigenvalue weighted by molar-refractivity contribution is -0.0712. The average Bonchev–Trinajstić information content (AvgIpc) is 2.73. The van der Waals surface area contributed by atoms with E-state index in [2.05, 4.69) is 31.2 Å². The molecule has 32 heavy (non-hydrogen) atoms. The molecular formula is C22H26Cl2N6O2. The fourth-order valence-corrected chi connectivity index (χ4v) is 4.83. The fourth-order valence-electron chi connectivity index (χ4n) is 4.26. The number of likely N-dealkylation sites (tertiary alicyclic amines) is 1. The third-order valence-electron chi connectivity index (χ3n) is 6.36. The summed E-state index contributed by atoms with van der Waals surface area (Å²) in [5, 5.41) is 5.02. The second-order valence-corrected chi connectivity index (χ2v) is 9.21. The number of hydrogen-bond acceptors (Lipinski definition) is 8. The van der Waals surface area contributed by atoms with Gasteiger partial charge in [0.05, 0.1) is 49.7 Å². The monoisotopic (exact) mass is 476 g/mol. The van der Waals surface area contributed by atoms with Crippen molar-refractivity contribution in [3.05, 3.63) is 40.8 Å². The van der Waals surface area contributed by atoms with E-state index in [1.54, 1.807) is 6.20 Å². The highest BCUT2D eigenvalue weighted by atomic mass is 35.5.